The van der Waals surface area contributed by atoms with E-state index < -0.39 is 23.8 Å². The summed E-state index contributed by atoms with van der Waals surface area (Å²) >= 11 is 0. The molecule has 4 unspecified atom stereocenters. The lowest BCUT2D eigenvalue weighted by Crippen LogP contribution is -2.53. The first kappa shape index (κ1) is 31.2. The van der Waals surface area contributed by atoms with Crippen molar-refractivity contribution < 1.29 is 19.1 Å². The zero-order valence-corrected chi connectivity index (χ0v) is 25.8. The maximum Gasteiger partial charge on any atom is 0.408 e. The quantitative estimate of drug-likeness (QED) is 0.361. The van der Waals surface area contributed by atoms with Gasteiger partial charge in [0.2, 0.25) is 5.91 Å². The highest BCUT2D eigenvalue weighted by atomic mass is 16.6. The molecule has 7 nitrogen and oxygen atoms in total. The molecule has 3 rings (SSSR count). The van der Waals surface area contributed by atoms with E-state index in [2.05, 4.69) is 17.6 Å². The summed E-state index contributed by atoms with van der Waals surface area (Å²) in [6.45, 7) is 19.4. The van der Waals surface area contributed by atoms with Crippen LogP contribution in [-0.2, 0) is 14.3 Å². The third kappa shape index (κ3) is 7.86. The summed E-state index contributed by atoms with van der Waals surface area (Å²) in [4.78, 5) is 43.2. The number of ether oxygens (including phenoxy) is 1. The fraction of sp³-hybridized carbons (Fsp3) is 0.545. The van der Waals surface area contributed by atoms with Gasteiger partial charge in [0.05, 0.1) is 0 Å². The largest absolute Gasteiger partial charge is 0.444 e. The number of rotatable bonds is 9. The van der Waals surface area contributed by atoms with Crippen LogP contribution in [-0.4, -0.2) is 40.5 Å². The number of amides is 3. The Kier molecular flexibility index (Phi) is 9.70. The van der Waals surface area contributed by atoms with Crippen LogP contribution in [0.25, 0.3) is 0 Å². The van der Waals surface area contributed by atoms with Crippen molar-refractivity contribution in [2.24, 2.45) is 11.8 Å². The van der Waals surface area contributed by atoms with Crippen LogP contribution >= 0.6 is 0 Å². The van der Waals surface area contributed by atoms with Gasteiger partial charge in [0, 0.05) is 11.7 Å². The van der Waals surface area contributed by atoms with Crippen LogP contribution in [0.4, 0.5) is 10.5 Å². The number of carbonyl (C=O) groups excluding carboxylic acids is 3. The average Bonchev–Trinajstić information content (AvgIpc) is 3.55. The summed E-state index contributed by atoms with van der Waals surface area (Å²) in [5.74, 6) is -0.166. The van der Waals surface area contributed by atoms with Gasteiger partial charge in [0.15, 0.2) is 0 Å². The lowest BCUT2D eigenvalue weighted by atomic mass is 9.96. The Bertz CT molecular complexity index is 1230. The van der Waals surface area contributed by atoms with Crippen LogP contribution < -0.4 is 10.6 Å². The number of carbonyl (C=O) groups is 3. The molecular weight excluding hydrogens is 502 g/mol. The van der Waals surface area contributed by atoms with E-state index in [1.54, 1.807) is 25.7 Å². The number of para-hydroxylation sites is 1. The summed E-state index contributed by atoms with van der Waals surface area (Å²) in [6.07, 6.45) is 0.580. The Hall–Kier alpha value is -3.35. The number of hydrogen-bond acceptors (Lipinski definition) is 4. The van der Waals surface area contributed by atoms with E-state index in [0.29, 0.717) is 6.42 Å². The first-order valence-corrected chi connectivity index (χ1v) is 14.3. The highest BCUT2D eigenvalue weighted by Gasteiger charge is 2.48. The highest BCUT2D eigenvalue weighted by molar-refractivity contribution is 6.00. The number of nitrogens with zero attached hydrogens (tertiary/aromatic N) is 1. The van der Waals surface area contributed by atoms with E-state index in [1.165, 1.54) is 0 Å². The monoisotopic (exact) mass is 549 g/mol. The molecule has 2 aromatic carbocycles. The topological polar surface area (TPSA) is 87.7 Å². The Labute approximate surface area is 240 Å². The molecule has 2 N–H and O–H groups in total. The molecule has 0 radical (unpaired) electrons. The zero-order chi connectivity index (χ0) is 29.9. The van der Waals surface area contributed by atoms with Crippen LogP contribution in [0.5, 0.6) is 0 Å². The lowest BCUT2D eigenvalue weighted by Gasteiger charge is -2.36. The molecule has 1 saturated carbocycles. The zero-order valence-electron chi connectivity index (χ0n) is 25.8. The van der Waals surface area contributed by atoms with Crippen molar-refractivity contribution in [1.82, 2.24) is 10.2 Å². The van der Waals surface area contributed by atoms with Crippen LogP contribution in [0.3, 0.4) is 0 Å². The summed E-state index contributed by atoms with van der Waals surface area (Å²) in [5, 5.41) is 5.98. The molecule has 4 atom stereocenters. The molecule has 1 aliphatic carbocycles. The van der Waals surface area contributed by atoms with Crippen molar-refractivity contribution in [1.29, 1.82) is 0 Å². The predicted octanol–water partition coefficient (Wildman–Crippen LogP) is 6.78. The summed E-state index contributed by atoms with van der Waals surface area (Å²) in [5.41, 5.74) is 4.86. The minimum absolute atomic E-state index is 0.113. The van der Waals surface area contributed by atoms with E-state index >= 15 is 0 Å². The fourth-order valence-electron chi connectivity index (χ4n) is 5.07. The van der Waals surface area contributed by atoms with Crippen molar-refractivity contribution in [2.75, 3.05) is 5.32 Å². The molecule has 1 aliphatic rings. The molecule has 1 fully saturated rings. The molecule has 2 aromatic rings. The van der Waals surface area contributed by atoms with Gasteiger partial charge in [-0.05, 0) is 101 Å². The van der Waals surface area contributed by atoms with Gasteiger partial charge in [0.25, 0.3) is 5.91 Å². The summed E-state index contributed by atoms with van der Waals surface area (Å²) in [6, 6.07) is 10.00. The molecule has 218 valence electrons. The first-order chi connectivity index (χ1) is 18.6. The normalized spacial score (nSPS) is 18.1. The van der Waals surface area contributed by atoms with Crippen molar-refractivity contribution in [3.8, 4) is 0 Å². The van der Waals surface area contributed by atoms with E-state index in [1.807, 2.05) is 77.9 Å². The SMILES string of the molecule is Cc1ccc(C(C(=O)Nc2c(C)cccc2C)N(C(=O)C(CC(C)C)NC(=O)OC(C)(C)C)C2CC2C)cc1C. The van der Waals surface area contributed by atoms with Gasteiger partial charge >= 0.3 is 6.09 Å². The molecule has 40 heavy (non-hydrogen) atoms. The van der Waals surface area contributed by atoms with Gasteiger partial charge in [-0.1, -0.05) is 57.2 Å². The molecule has 0 aliphatic heterocycles. The maximum atomic E-state index is 14.4. The van der Waals surface area contributed by atoms with E-state index in [4.69, 9.17) is 4.74 Å². The molecular formula is C33H47N3O4. The Balaban J connectivity index is 2.08. The maximum absolute atomic E-state index is 14.4. The number of hydrogen-bond donors (Lipinski definition) is 2. The smallest absolute Gasteiger partial charge is 0.408 e. The number of alkyl carbamates (subject to hydrolysis) is 1. The van der Waals surface area contributed by atoms with Crippen LogP contribution in [0.2, 0.25) is 0 Å². The van der Waals surface area contributed by atoms with E-state index in [-0.39, 0.29) is 29.7 Å². The van der Waals surface area contributed by atoms with Crippen LogP contribution in [0, 0.1) is 39.5 Å². The van der Waals surface area contributed by atoms with E-state index in [0.717, 1.165) is 39.9 Å². The second kappa shape index (κ2) is 12.4. The van der Waals surface area contributed by atoms with Crippen molar-refractivity contribution in [2.45, 2.75) is 106 Å². The number of anilines is 1. The average molecular weight is 550 g/mol. The number of benzene rings is 2. The molecule has 3 amide bonds. The molecule has 7 heteroatoms. The fourth-order valence-corrected chi connectivity index (χ4v) is 5.07. The van der Waals surface area contributed by atoms with Crippen LogP contribution in [0.1, 0.15) is 88.2 Å². The second-order valence-electron chi connectivity index (χ2n) is 12.9. The molecule has 0 aromatic heterocycles. The first-order valence-electron chi connectivity index (χ1n) is 14.3. The molecule has 0 spiro atoms. The third-order valence-electron chi connectivity index (χ3n) is 7.48. The standard InChI is InChI=1S/C33H47N3O4/c1-19(2)16-26(34-32(39)40-33(8,9)10)31(38)36(27-18-24(27)7)29(25-15-14-20(3)23(6)17-25)30(37)35-28-21(4)12-11-13-22(28)5/h11-15,17,19,24,26-27,29H,16,18H2,1-10H3,(H,34,39)(H,35,37). The Morgan fingerprint density at radius 2 is 1.57 bits per heavy atom. The number of aryl methyl sites for hydroxylation is 4. The minimum Gasteiger partial charge on any atom is -0.444 e. The number of nitrogens with one attached hydrogen (secondary N) is 2. The van der Waals surface area contributed by atoms with E-state index in [9.17, 15) is 14.4 Å². The summed E-state index contributed by atoms with van der Waals surface area (Å²) in [7, 11) is 0. The third-order valence-corrected chi connectivity index (χ3v) is 7.48. The van der Waals surface area contributed by atoms with Crippen molar-refractivity contribution >= 4 is 23.6 Å². The van der Waals surface area contributed by atoms with Crippen LogP contribution in [0.15, 0.2) is 36.4 Å². The lowest BCUT2D eigenvalue weighted by molar-refractivity contribution is -0.142. The molecule has 0 heterocycles. The predicted molar refractivity (Wildman–Crippen MR) is 160 cm³/mol. The van der Waals surface area contributed by atoms with Crippen molar-refractivity contribution in [3.63, 3.8) is 0 Å². The van der Waals surface area contributed by atoms with Gasteiger partial charge in [-0.2, -0.15) is 0 Å². The van der Waals surface area contributed by atoms with Gasteiger partial charge in [-0.3, -0.25) is 9.59 Å². The molecule has 0 saturated heterocycles. The Morgan fingerprint density at radius 1 is 0.975 bits per heavy atom. The van der Waals surface area contributed by atoms with Gasteiger partial charge < -0.3 is 20.3 Å². The van der Waals surface area contributed by atoms with Gasteiger partial charge in [-0.25, -0.2) is 4.79 Å². The molecule has 0 bridgehead atoms. The van der Waals surface area contributed by atoms with Gasteiger partial charge in [-0.15, -0.1) is 0 Å². The second-order valence-corrected chi connectivity index (χ2v) is 12.9. The minimum atomic E-state index is -0.865. The Morgan fingerprint density at radius 3 is 2.08 bits per heavy atom. The van der Waals surface area contributed by atoms with Crippen molar-refractivity contribution in [3.05, 3.63) is 64.2 Å². The summed E-state index contributed by atoms with van der Waals surface area (Å²) < 4.78 is 5.50. The highest BCUT2D eigenvalue weighted by Crippen LogP contribution is 2.41. The van der Waals surface area contributed by atoms with Gasteiger partial charge in [0.1, 0.15) is 17.7 Å².